The van der Waals surface area contributed by atoms with Crippen LogP contribution in [-0.4, -0.2) is 18.3 Å². The van der Waals surface area contributed by atoms with Crippen LogP contribution in [0.3, 0.4) is 0 Å². The molecule has 1 aromatic rings. The molecule has 1 saturated carbocycles. The fourth-order valence-corrected chi connectivity index (χ4v) is 2.79. The third-order valence-electron chi connectivity index (χ3n) is 4.00. The van der Waals surface area contributed by atoms with Crippen LogP contribution >= 0.6 is 12.4 Å². The van der Waals surface area contributed by atoms with E-state index in [1.807, 2.05) is 24.3 Å². The Morgan fingerprint density at radius 1 is 1.16 bits per heavy atom. The number of aliphatic hydroxyl groups excluding tert-OH is 1. The average Bonchev–Trinajstić information content (AvgIpc) is 2.47. The van der Waals surface area contributed by atoms with Gasteiger partial charge in [0.2, 0.25) is 0 Å². The highest BCUT2D eigenvalue weighted by atomic mass is 35.5. The molecule has 0 amide bonds. The van der Waals surface area contributed by atoms with Crippen LogP contribution in [0.5, 0.6) is 5.75 Å². The lowest BCUT2D eigenvalue weighted by atomic mass is 9.81. The highest BCUT2D eigenvalue weighted by molar-refractivity contribution is 5.85. The second-order valence-corrected chi connectivity index (χ2v) is 5.19. The topological polar surface area (TPSA) is 55.5 Å². The van der Waals surface area contributed by atoms with Crippen molar-refractivity contribution in [3.8, 4) is 5.75 Å². The van der Waals surface area contributed by atoms with Gasteiger partial charge in [0.1, 0.15) is 5.75 Å². The van der Waals surface area contributed by atoms with Crippen LogP contribution in [-0.2, 0) is 0 Å². The van der Waals surface area contributed by atoms with Gasteiger partial charge in [-0.25, -0.2) is 0 Å². The molecule has 108 valence electrons. The van der Waals surface area contributed by atoms with Gasteiger partial charge in [0.05, 0.1) is 19.3 Å². The van der Waals surface area contributed by atoms with Gasteiger partial charge in [0.15, 0.2) is 0 Å². The molecule has 2 rings (SSSR count). The van der Waals surface area contributed by atoms with Crippen molar-refractivity contribution < 1.29 is 9.84 Å². The number of halogens is 1. The maximum absolute atomic E-state index is 10.4. The van der Waals surface area contributed by atoms with Crippen molar-refractivity contribution in [2.75, 3.05) is 7.11 Å². The normalized spacial score (nSPS) is 19.3. The van der Waals surface area contributed by atoms with E-state index in [1.165, 1.54) is 19.3 Å². The van der Waals surface area contributed by atoms with E-state index >= 15 is 0 Å². The average molecular weight is 286 g/mol. The lowest BCUT2D eigenvalue weighted by Crippen LogP contribution is -2.34. The van der Waals surface area contributed by atoms with E-state index in [-0.39, 0.29) is 18.4 Å². The van der Waals surface area contributed by atoms with Gasteiger partial charge in [-0.3, -0.25) is 0 Å². The Kier molecular flexibility index (Phi) is 6.63. The van der Waals surface area contributed by atoms with Crippen LogP contribution < -0.4 is 10.5 Å². The van der Waals surface area contributed by atoms with Crippen LogP contribution in [0.2, 0.25) is 0 Å². The van der Waals surface area contributed by atoms with Crippen molar-refractivity contribution in [1.29, 1.82) is 0 Å². The molecule has 2 atom stereocenters. The van der Waals surface area contributed by atoms with Gasteiger partial charge in [-0.2, -0.15) is 0 Å². The Labute approximate surface area is 121 Å². The van der Waals surface area contributed by atoms with E-state index in [9.17, 15) is 5.11 Å². The summed E-state index contributed by atoms with van der Waals surface area (Å²) < 4.78 is 5.12. The van der Waals surface area contributed by atoms with Gasteiger partial charge in [-0.1, -0.05) is 31.4 Å². The number of hydrogen-bond donors (Lipinski definition) is 2. The molecular weight excluding hydrogens is 262 g/mol. The molecule has 0 spiro atoms. The minimum Gasteiger partial charge on any atom is -0.497 e. The molecule has 1 aromatic carbocycles. The summed E-state index contributed by atoms with van der Waals surface area (Å²) in [7, 11) is 1.64. The van der Waals surface area contributed by atoms with Gasteiger partial charge in [-0.05, 0) is 36.5 Å². The molecule has 0 aromatic heterocycles. The van der Waals surface area contributed by atoms with Crippen molar-refractivity contribution in [2.45, 2.75) is 44.2 Å². The second-order valence-electron chi connectivity index (χ2n) is 5.19. The minimum absolute atomic E-state index is 0. The third kappa shape index (κ3) is 4.10. The minimum atomic E-state index is -0.432. The number of methoxy groups -OCH3 is 1. The van der Waals surface area contributed by atoms with Crippen LogP contribution in [0.15, 0.2) is 24.3 Å². The number of rotatable bonds is 4. The molecule has 19 heavy (non-hydrogen) atoms. The maximum Gasteiger partial charge on any atom is 0.118 e. The quantitative estimate of drug-likeness (QED) is 0.894. The van der Waals surface area contributed by atoms with E-state index in [1.54, 1.807) is 7.11 Å². The first-order valence-electron chi connectivity index (χ1n) is 6.80. The summed E-state index contributed by atoms with van der Waals surface area (Å²) >= 11 is 0. The Morgan fingerprint density at radius 2 is 1.74 bits per heavy atom. The fraction of sp³-hybridized carbons (Fsp3) is 0.600. The zero-order chi connectivity index (χ0) is 13.0. The van der Waals surface area contributed by atoms with Crippen LogP contribution in [0.1, 0.15) is 43.7 Å². The summed E-state index contributed by atoms with van der Waals surface area (Å²) in [5, 5.41) is 10.4. The summed E-state index contributed by atoms with van der Waals surface area (Å²) in [4.78, 5) is 0. The van der Waals surface area contributed by atoms with E-state index < -0.39 is 6.10 Å². The smallest absolute Gasteiger partial charge is 0.118 e. The van der Waals surface area contributed by atoms with Crippen molar-refractivity contribution >= 4 is 12.4 Å². The highest BCUT2D eigenvalue weighted by Crippen LogP contribution is 2.31. The maximum atomic E-state index is 10.4. The predicted octanol–water partition coefficient (Wildman–Crippen LogP) is 3.06. The molecular formula is C15H24ClNO2. The zero-order valence-corrected chi connectivity index (χ0v) is 12.2. The Bertz CT molecular complexity index is 363. The van der Waals surface area contributed by atoms with Crippen molar-refractivity contribution in [2.24, 2.45) is 11.7 Å². The number of hydrogen-bond acceptors (Lipinski definition) is 3. The largest absolute Gasteiger partial charge is 0.497 e. The summed E-state index contributed by atoms with van der Waals surface area (Å²) in [6, 6.07) is 7.37. The first-order valence-corrected chi connectivity index (χ1v) is 6.80. The molecule has 0 radical (unpaired) electrons. The molecule has 0 heterocycles. The Hall–Kier alpha value is -0.770. The number of nitrogens with two attached hydrogens (primary N) is 1. The van der Waals surface area contributed by atoms with Gasteiger partial charge >= 0.3 is 0 Å². The lowest BCUT2D eigenvalue weighted by Gasteiger charge is -2.30. The molecule has 0 bridgehead atoms. The SMILES string of the molecule is COc1ccc([C@H](N)[C@H](O)C2CCCCC2)cc1.Cl. The zero-order valence-electron chi connectivity index (χ0n) is 11.4. The van der Waals surface area contributed by atoms with Gasteiger partial charge in [-0.15, -0.1) is 12.4 Å². The van der Waals surface area contributed by atoms with Gasteiger partial charge in [0, 0.05) is 0 Å². The molecule has 3 nitrogen and oxygen atoms in total. The second kappa shape index (κ2) is 7.73. The lowest BCUT2D eigenvalue weighted by molar-refractivity contribution is 0.0618. The predicted molar refractivity (Wildman–Crippen MR) is 79.8 cm³/mol. The summed E-state index contributed by atoms with van der Waals surface area (Å²) in [6.07, 6.45) is 5.50. The van der Waals surface area contributed by atoms with E-state index in [0.29, 0.717) is 5.92 Å². The van der Waals surface area contributed by atoms with E-state index in [0.717, 1.165) is 24.2 Å². The number of benzene rings is 1. The fourth-order valence-electron chi connectivity index (χ4n) is 2.79. The molecule has 1 aliphatic rings. The summed E-state index contributed by atoms with van der Waals surface area (Å²) in [5.74, 6) is 1.17. The van der Waals surface area contributed by atoms with Crippen molar-refractivity contribution in [3.63, 3.8) is 0 Å². The van der Waals surface area contributed by atoms with Crippen LogP contribution in [0.4, 0.5) is 0 Å². The van der Waals surface area contributed by atoms with Crippen LogP contribution in [0, 0.1) is 5.92 Å². The van der Waals surface area contributed by atoms with E-state index in [4.69, 9.17) is 10.5 Å². The molecule has 4 heteroatoms. The monoisotopic (exact) mass is 285 g/mol. The summed E-state index contributed by atoms with van der Waals surface area (Å²) in [5.41, 5.74) is 7.15. The first-order chi connectivity index (χ1) is 8.72. The van der Waals surface area contributed by atoms with Crippen molar-refractivity contribution in [3.05, 3.63) is 29.8 Å². The summed E-state index contributed by atoms with van der Waals surface area (Å²) in [6.45, 7) is 0. The molecule has 0 aliphatic heterocycles. The van der Waals surface area contributed by atoms with Crippen LogP contribution in [0.25, 0.3) is 0 Å². The number of aliphatic hydroxyl groups is 1. The molecule has 0 saturated heterocycles. The van der Waals surface area contributed by atoms with E-state index in [2.05, 4.69) is 0 Å². The molecule has 1 fully saturated rings. The van der Waals surface area contributed by atoms with Gasteiger partial charge in [0.25, 0.3) is 0 Å². The molecule has 3 N–H and O–H groups in total. The molecule has 1 aliphatic carbocycles. The third-order valence-corrected chi connectivity index (χ3v) is 4.00. The number of ether oxygens (including phenoxy) is 1. The van der Waals surface area contributed by atoms with Crippen molar-refractivity contribution in [1.82, 2.24) is 0 Å². The van der Waals surface area contributed by atoms with Gasteiger partial charge < -0.3 is 15.6 Å². The molecule has 0 unspecified atom stereocenters. The Balaban J connectivity index is 0.00000180. The Morgan fingerprint density at radius 3 is 2.26 bits per heavy atom. The first kappa shape index (κ1) is 16.3. The highest BCUT2D eigenvalue weighted by Gasteiger charge is 2.27. The standard InChI is InChI=1S/C15H23NO2.ClH/c1-18-13-9-7-11(8-10-13)14(16)15(17)12-5-3-2-4-6-12;/h7-10,12,14-15,17H,2-6,16H2,1H3;1H/t14-,15+;/m0./s1.